The molecule has 4 rings (SSSR count). The molecule has 0 spiro atoms. The standard InChI is InChI=1S/C20H20N2O4/c23-19(17-15-5-6-16(26-15)18(17)20(24)25)22-14-3-1-12(2-4-14)11-13-7-9-21-10-8-13/h1-4,7-10,15-18H,5-6,11H2,(H,22,23)(H,24,25)/t15-,16+,17-,18+/m1/s1. The molecular formula is C20H20N2O4. The van der Waals surface area contributed by atoms with Crippen LogP contribution in [0, 0.1) is 11.8 Å². The highest BCUT2D eigenvalue weighted by molar-refractivity contribution is 5.96. The van der Waals surface area contributed by atoms with Gasteiger partial charge in [-0.15, -0.1) is 0 Å². The van der Waals surface area contributed by atoms with E-state index >= 15 is 0 Å². The second-order valence-corrected chi connectivity index (χ2v) is 6.90. The second kappa shape index (κ2) is 6.88. The number of rotatable bonds is 5. The predicted octanol–water partition coefficient (Wildman–Crippen LogP) is 2.49. The third-order valence-corrected chi connectivity index (χ3v) is 5.24. The molecule has 3 heterocycles. The van der Waals surface area contributed by atoms with Crippen LogP contribution < -0.4 is 5.32 Å². The van der Waals surface area contributed by atoms with E-state index in [9.17, 15) is 14.7 Å². The topological polar surface area (TPSA) is 88.5 Å². The van der Waals surface area contributed by atoms with Crippen LogP contribution in [0.25, 0.3) is 0 Å². The number of carboxylic acids is 1. The quantitative estimate of drug-likeness (QED) is 0.863. The van der Waals surface area contributed by atoms with Crippen LogP contribution in [-0.2, 0) is 20.7 Å². The first-order valence-corrected chi connectivity index (χ1v) is 8.79. The lowest BCUT2D eigenvalue weighted by Gasteiger charge is -2.23. The molecule has 1 amide bonds. The Morgan fingerprint density at radius 1 is 1.00 bits per heavy atom. The molecule has 6 heteroatoms. The highest BCUT2D eigenvalue weighted by Gasteiger charge is 2.55. The van der Waals surface area contributed by atoms with Crippen LogP contribution >= 0.6 is 0 Å². The van der Waals surface area contributed by atoms with Crippen molar-refractivity contribution in [2.45, 2.75) is 31.5 Å². The normalized spacial score (nSPS) is 26.6. The zero-order valence-corrected chi connectivity index (χ0v) is 14.2. The van der Waals surface area contributed by atoms with Gasteiger partial charge in [0.1, 0.15) is 0 Å². The molecule has 2 aromatic rings. The SMILES string of the molecule is O=C(O)[C@@H]1[C@H](C(=O)Nc2ccc(Cc3ccncc3)cc2)[C@H]2CC[C@@H]1O2. The summed E-state index contributed by atoms with van der Waals surface area (Å²) in [6.45, 7) is 0. The maximum absolute atomic E-state index is 12.6. The number of carboxylic acid groups (broad SMARTS) is 1. The first-order valence-electron chi connectivity index (χ1n) is 8.79. The van der Waals surface area contributed by atoms with Gasteiger partial charge in [0.15, 0.2) is 0 Å². The van der Waals surface area contributed by atoms with E-state index in [2.05, 4.69) is 10.3 Å². The predicted molar refractivity (Wildman–Crippen MR) is 94.6 cm³/mol. The Morgan fingerprint density at radius 3 is 2.27 bits per heavy atom. The summed E-state index contributed by atoms with van der Waals surface area (Å²) in [6, 6.07) is 11.5. The molecule has 4 atom stereocenters. The number of benzene rings is 1. The minimum Gasteiger partial charge on any atom is -0.481 e. The fourth-order valence-corrected chi connectivity index (χ4v) is 3.99. The number of carbonyl (C=O) groups is 2. The lowest BCUT2D eigenvalue weighted by Crippen LogP contribution is -2.40. The molecule has 2 N–H and O–H groups in total. The molecule has 6 nitrogen and oxygen atoms in total. The van der Waals surface area contributed by atoms with Crippen molar-refractivity contribution in [3.63, 3.8) is 0 Å². The van der Waals surface area contributed by atoms with Crippen molar-refractivity contribution in [2.24, 2.45) is 11.8 Å². The molecule has 2 bridgehead atoms. The number of hydrogen-bond acceptors (Lipinski definition) is 4. The number of anilines is 1. The third-order valence-electron chi connectivity index (χ3n) is 5.24. The van der Waals surface area contributed by atoms with E-state index in [1.54, 1.807) is 12.4 Å². The van der Waals surface area contributed by atoms with Crippen LogP contribution in [0.2, 0.25) is 0 Å². The summed E-state index contributed by atoms with van der Waals surface area (Å²) in [5, 5.41) is 12.3. The van der Waals surface area contributed by atoms with Crippen LogP contribution in [0.3, 0.4) is 0 Å². The Kier molecular flexibility index (Phi) is 4.42. The van der Waals surface area contributed by atoms with Crippen LogP contribution in [0.1, 0.15) is 24.0 Å². The van der Waals surface area contributed by atoms with Gasteiger partial charge in [-0.05, 0) is 54.7 Å². The van der Waals surface area contributed by atoms with Gasteiger partial charge in [-0.3, -0.25) is 14.6 Å². The lowest BCUT2D eigenvalue weighted by atomic mass is 9.78. The monoisotopic (exact) mass is 352 g/mol. The summed E-state index contributed by atoms with van der Waals surface area (Å²) in [6.07, 6.45) is 5.16. The van der Waals surface area contributed by atoms with Crippen molar-refractivity contribution >= 4 is 17.6 Å². The van der Waals surface area contributed by atoms with Gasteiger partial charge < -0.3 is 15.2 Å². The lowest BCUT2D eigenvalue weighted by molar-refractivity contribution is -0.147. The Labute approximate surface area is 151 Å². The first kappa shape index (κ1) is 16.7. The number of aliphatic carboxylic acids is 1. The Hall–Kier alpha value is -2.73. The average molecular weight is 352 g/mol. The number of carbonyl (C=O) groups excluding carboxylic acids is 1. The number of ether oxygens (including phenoxy) is 1. The van der Waals surface area contributed by atoms with Gasteiger partial charge in [0, 0.05) is 18.1 Å². The molecule has 2 fully saturated rings. The molecule has 2 aliphatic heterocycles. The zero-order chi connectivity index (χ0) is 18.1. The van der Waals surface area contributed by atoms with Crippen LogP contribution in [0.5, 0.6) is 0 Å². The Balaban J connectivity index is 1.42. The number of nitrogens with one attached hydrogen (secondary N) is 1. The van der Waals surface area contributed by atoms with E-state index in [1.807, 2.05) is 36.4 Å². The maximum Gasteiger partial charge on any atom is 0.310 e. The van der Waals surface area contributed by atoms with Crippen LogP contribution in [-0.4, -0.2) is 34.2 Å². The van der Waals surface area contributed by atoms with Gasteiger partial charge in [-0.1, -0.05) is 12.1 Å². The maximum atomic E-state index is 12.6. The molecule has 0 aliphatic carbocycles. The molecule has 2 aliphatic rings. The molecule has 26 heavy (non-hydrogen) atoms. The van der Waals surface area contributed by atoms with Gasteiger partial charge in [-0.2, -0.15) is 0 Å². The van der Waals surface area contributed by atoms with E-state index in [0.717, 1.165) is 24.8 Å². The van der Waals surface area contributed by atoms with Crippen molar-refractivity contribution < 1.29 is 19.4 Å². The minimum absolute atomic E-state index is 0.272. The van der Waals surface area contributed by atoms with Crippen molar-refractivity contribution in [1.82, 2.24) is 4.98 Å². The summed E-state index contributed by atoms with van der Waals surface area (Å²) < 4.78 is 5.66. The average Bonchev–Trinajstić information content (AvgIpc) is 3.25. The first-order chi connectivity index (χ1) is 12.6. The number of nitrogens with zero attached hydrogens (tertiary/aromatic N) is 1. The van der Waals surface area contributed by atoms with Gasteiger partial charge in [0.25, 0.3) is 0 Å². The summed E-state index contributed by atoms with van der Waals surface area (Å²) in [7, 11) is 0. The summed E-state index contributed by atoms with van der Waals surface area (Å²) >= 11 is 0. The molecular weight excluding hydrogens is 332 g/mol. The zero-order valence-electron chi connectivity index (χ0n) is 14.2. The van der Waals surface area contributed by atoms with Crippen LogP contribution in [0.4, 0.5) is 5.69 Å². The molecule has 2 saturated heterocycles. The fraction of sp³-hybridized carbons (Fsp3) is 0.350. The van der Waals surface area contributed by atoms with Gasteiger partial charge in [0.05, 0.1) is 24.0 Å². The van der Waals surface area contributed by atoms with Crippen molar-refractivity contribution in [1.29, 1.82) is 0 Å². The minimum atomic E-state index is -0.954. The van der Waals surface area contributed by atoms with Gasteiger partial charge in [-0.25, -0.2) is 0 Å². The van der Waals surface area contributed by atoms with Gasteiger partial charge >= 0.3 is 5.97 Å². The third kappa shape index (κ3) is 3.20. The summed E-state index contributed by atoms with van der Waals surface area (Å²) in [5.41, 5.74) is 2.96. The Morgan fingerprint density at radius 2 is 1.62 bits per heavy atom. The van der Waals surface area contributed by atoms with E-state index < -0.39 is 17.8 Å². The molecule has 0 saturated carbocycles. The van der Waals surface area contributed by atoms with Crippen molar-refractivity contribution in [3.8, 4) is 0 Å². The summed E-state index contributed by atoms with van der Waals surface area (Å²) in [5.74, 6) is -2.60. The highest BCUT2D eigenvalue weighted by atomic mass is 16.5. The molecule has 134 valence electrons. The smallest absolute Gasteiger partial charge is 0.310 e. The van der Waals surface area contributed by atoms with Crippen molar-refractivity contribution in [2.75, 3.05) is 5.32 Å². The van der Waals surface area contributed by atoms with E-state index in [4.69, 9.17) is 4.74 Å². The van der Waals surface area contributed by atoms with Gasteiger partial charge in [0.2, 0.25) is 5.91 Å². The number of hydrogen-bond donors (Lipinski definition) is 2. The fourth-order valence-electron chi connectivity index (χ4n) is 3.99. The second-order valence-electron chi connectivity index (χ2n) is 6.90. The van der Waals surface area contributed by atoms with Crippen LogP contribution in [0.15, 0.2) is 48.8 Å². The molecule has 1 aromatic carbocycles. The number of amides is 1. The van der Waals surface area contributed by atoms with E-state index in [0.29, 0.717) is 5.69 Å². The van der Waals surface area contributed by atoms with Crippen molar-refractivity contribution in [3.05, 3.63) is 59.9 Å². The van der Waals surface area contributed by atoms with E-state index in [-0.39, 0.29) is 18.1 Å². The number of fused-ring (bicyclic) bond motifs is 2. The molecule has 0 radical (unpaired) electrons. The van der Waals surface area contributed by atoms with E-state index in [1.165, 1.54) is 5.56 Å². The number of aromatic nitrogens is 1. The molecule has 1 aromatic heterocycles. The molecule has 0 unspecified atom stereocenters. The number of pyridine rings is 1. The highest BCUT2D eigenvalue weighted by Crippen LogP contribution is 2.44. The Bertz CT molecular complexity index is 806. The largest absolute Gasteiger partial charge is 0.481 e. The summed E-state index contributed by atoms with van der Waals surface area (Å²) in [4.78, 5) is 28.2.